The molecule has 1 fully saturated rings. The summed E-state index contributed by atoms with van der Waals surface area (Å²) in [6, 6.07) is 3.41. The van der Waals surface area contributed by atoms with Gasteiger partial charge in [-0.15, -0.1) is 0 Å². The Morgan fingerprint density at radius 2 is 2.11 bits per heavy atom. The van der Waals surface area contributed by atoms with Crippen molar-refractivity contribution in [2.24, 2.45) is 5.41 Å². The quantitative estimate of drug-likeness (QED) is 0.730. The lowest BCUT2D eigenvalue weighted by Crippen LogP contribution is -2.32. The molecule has 0 bridgehead atoms. The summed E-state index contributed by atoms with van der Waals surface area (Å²) in [5.41, 5.74) is 0.965. The molecule has 3 nitrogen and oxygen atoms in total. The van der Waals surface area contributed by atoms with Crippen LogP contribution in [0.2, 0.25) is 5.15 Å². The summed E-state index contributed by atoms with van der Waals surface area (Å²) in [6.07, 6.45) is 4.86. The fraction of sp³-hybridized carbons (Fsp3) is 0.571. The molecule has 1 aromatic rings. The van der Waals surface area contributed by atoms with Gasteiger partial charge >= 0.3 is 0 Å². The van der Waals surface area contributed by atoms with Crippen LogP contribution in [0.25, 0.3) is 0 Å². The predicted molar refractivity (Wildman–Crippen MR) is 72.8 cm³/mol. The number of nitrogens with zero attached hydrogens (tertiary/aromatic N) is 2. The van der Waals surface area contributed by atoms with Crippen molar-refractivity contribution in [2.45, 2.75) is 33.1 Å². The molecule has 0 aromatic carbocycles. The first kappa shape index (κ1) is 13.3. The first-order chi connectivity index (χ1) is 8.48. The molecule has 0 unspecified atom stereocenters. The fourth-order valence-electron chi connectivity index (χ4n) is 2.31. The van der Waals surface area contributed by atoms with E-state index in [1.165, 1.54) is 6.42 Å². The average molecular weight is 267 g/mol. The summed E-state index contributed by atoms with van der Waals surface area (Å²) in [5.74, 6) is 0.0665. The minimum atomic E-state index is 0.0665. The van der Waals surface area contributed by atoms with Crippen molar-refractivity contribution in [3.63, 3.8) is 0 Å². The van der Waals surface area contributed by atoms with Gasteiger partial charge in [0.2, 0.25) is 0 Å². The Morgan fingerprint density at radius 3 is 2.78 bits per heavy atom. The maximum Gasteiger partial charge on any atom is 0.255 e. The summed E-state index contributed by atoms with van der Waals surface area (Å²) >= 11 is 5.73. The number of carbonyl (C=O) groups is 1. The van der Waals surface area contributed by atoms with Crippen molar-refractivity contribution >= 4 is 17.5 Å². The molecular weight excluding hydrogens is 248 g/mol. The normalized spacial score (nSPS) is 19.4. The molecule has 18 heavy (non-hydrogen) atoms. The van der Waals surface area contributed by atoms with E-state index < -0.39 is 0 Å². The highest BCUT2D eigenvalue weighted by molar-refractivity contribution is 6.29. The molecule has 1 aliphatic rings. The molecule has 0 spiro atoms. The van der Waals surface area contributed by atoms with Crippen LogP contribution in [0.3, 0.4) is 0 Å². The Hall–Kier alpha value is -1.09. The van der Waals surface area contributed by atoms with Gasteiger partial charge in [0, 0.05) is 19.3 Å². The van der Waals surface area contributed by atoms with Gasteiger partial charge in [-0.3, -0.25) is 4.79 Å². The van der Waals surface area contributed by atoms with Crippen LogP contribution in [0, 0.1) is 5.41 Å². The summed E-state index contributed by atoms with van der Waals surface area (Å²) in [6.45, 7) is 6.20. The second-order valence-electron chi connectivity index (χ2n) is 5.68. The van der Waals surface area contributed by atoms with Gasteiger partial charge in [-0.05, 0) is 36.8 Å². The molecule has 1 aliphatic heterocycles. The van der Waals surface area contributed by atoms with Gasteiger partial charge in [-0.25, -0.2) is 4.98 Å². The highest BCUT2D eigenvalue weighted by Crippen LogP contribution is 2.30. The molecule has 98 valence electrons. The number of halogens is 1. The van der Waals surface area contributed by atoms with Gasteiger partial charge in [0.1, 0.15) is 5.15 Å². The number of hydrogen-bond acceptors (Lipinski definition) is 2. The number of carbonyl (C=O) groups excluding carboxylic acids is 1. The zero-order valence-corrected chi connectivity index (χ0v) is 11.7. The largest absolute Gasteiger partial charge is 0.339 e. The number of hydrogen-bond donors (Lipinski definition) is 0. The van der Waals surface area contributed by atoms with Crippen LogP contribution in [0.4, 0.5) is 0 Å². The van der Waals surface area contributed by atoms with E-state index in [2.05, 4.69) is 18.8 Å². The molecule has 1 amide bonds. The van der Waals surface area contributed by atoms with Gasteiger partial charge in [0.15, 0.2) is 0 Å². The lowest BCUT2D eigenvalue weighted by atomic mass is 9.85. The van der Waals surface area contributed by atoms with Crippen LogP contribution in [0.5, 0.6) is 0 Å². The van der Waals surface area contributed by atoms with E-state index in [0.717, 1.165) is 25.9 Å². The summed E-state index contributed by atoms with van der Waals surface area (Å²) in [4.78, 5) is 18.2. The first-order valence-electron chi connectivity index (χ1n) is 6.39. The van der Waals surface area contributed by atoms with E-state index in [0.29, 0.717) is 16.1 Å². The van der Waals surface area contributed by atoms with E-state index in [1.54, 1.807) is 18.3 Å². The Bertz CT molecular complexity index is 428. The van der Waals surface area contributed by atoms with Crippen LogP contribution in [0.15, 0.2) is 18.3 Å². The zero-order valence-electron chi connectivity index (χ0n) is 10.9. The molecular formula is C14H19ClN2O. The van der Waals surface area contributed by atoms with Crippen molar-refractivity contribution < 1.29 is 4.79 Å². The van der Waals surface area contributed by atoms with E-state index in [-0.39, 0.29) is 5.91 Å². The number of pyridine rings is 1. The highest BCUT2D eigenvalue weighted by atomic mass is 35.5. The smallest absolute Gasteiger partial charge is 0.255 e. The maximum absolute atomic E-state index is 12.3. The van der Waals surface area contributed by atoms with Crippen LogP contribution < -0.4 is 0 Å². The molecule has 0 atom stereocenters. The number of amides is 1. The molecule has 4 heteroatoms. The Morgan fingerprint density at radius 1 is 1.33 bits per heavy atom. The molecule has 2 heterocycles. The topological polar surface area (TPSA) is 33.2 Å². The van der Waals surface area contributed by atoms with Crippen molar-refractivity contribution in [3.05, 3.63) is 29.0 Å². The summed E-state index contributed by atoms with van der Waals surface area (Å²) in [7, 11) is 0. The minimum Gasteiger partial charge on any atom is -0.339 e. The zero-order chi connectivity index (χ0) is 13.2. The van der Waals surface area contributed by atoms with Gasteiger partial charge in [0.25, 0.3) is 5.91 Å². The molecule has 0 N–H and O–H groups in total. The molecule has 0 aliphatic carbocycles. The SMILES string of the molecule is CC1(C)CCCN(C(=O)c2ccc(Cl)nc2)CC1. The number of aromatic nitrogens is 1. The first-order valence-corrected chi connectivity index (χ1v) is 6.77. The van der Waals surface area contributed by atoms with Crippen molar-refractivity contribution in [1.29, 1.82) is 0 Å². The van der Waals surface area contributed by atoms with Gasteiger partial charge < -0.3 is 4.90 Å². The lowest BCUT2D eigenvalue weighted by molar-refractivity contribution is 0.0757. The lowest BCUT2D eigenvalue weighted by Gasteiger charge is -2.23. The second-order valence-corrected chi connectivity index (χ2v) is 6.07. The molecule has 1 aromatic heterocycles. The van der Waals surface area contributed by atoms with Gasteiger partial charge in [-0.2, -0.15) is 0 Å². The maximum atomic E-state index is 12.3. The fourth-order valence-corrected chi connectivity index (χ4v) is 2.42. The Kier molecular flexibility index (Phi) is 3.91. The molecule has 0 radical (unpaired) electrons. The third-order valence-electron chi connectivity index (χ3n) is 3.60. The average Bonchev–Trinajstić information content (AvgIpc) is 2.50. The summed E-state index contributed by atoms with van der Waals surface area (Å²) in [5, 5.41) is 0.420. The predicted octanol–water partition coefficient (Wildman–Crippen LogP) is 3.39. The van der Waals surface area contributed by atoms with E-state index in [9.17, 15) is 4.79 Å². The standard InChI is InChI=1S/C14H19ClN2O/c1-14(2)6-3-8-17(9-7-14)13(18)11-4-5-12(15)16-10-11/h4-5,10H,3,6-9H2,1-2H3. The third kappa shape index (κ3) is 3.22. The van der Waals surface area contributed by atoms with Crippen LogP contribution in [0.1, 0.15) is 43.5 Å². The Labute approximate surface area is 113 Å². The number of likely N-dealkylation sites (tertiary alicyclic amines) is 1. The van der Waals surface area contributed by atoms with E-state index in [4.69, 9.17) is 11.6 Å². The molecule has 2 rings (SSSR count). The summed E-state index contributed by atoms with van der Waals surface area (Å²) < 4.78 is 0. The van der Waals surface area contributed by atoms with Gasteiger partial charge in [0.05, 0.1) is 5.56 Å². The van der Waals surface area contributed by atoms with E-state index in [1.807, 2.05) is 4.90 Å². The highest BCUT2D eigenvalue weighted by Gasteiger charge is 2.25. The second kappa shape index (κ2) is 5.27. The van der Waals surface area contributed by atoms with Crippen molar-refractivity contribution in [3.8, 4) is 0 Å². The monoisotopic (exact) mass is 266 g/mol. The van der Waals surface area contributed by atoms with Crippen LogP contribution in [-0.2, 0) is 0 Å². The van der Waals surface area contributed by atoms with Crippen molar-refractivity contribution in [2.75, 3.05) is 13.1 Å². The van der Waals surface area contributed by atoms with Crippen LogP contribution in [-0.4, -0.2) is 28.9 Å². The third-order valence-corrected chi connectivity index (χ3v) is 3.83. The van der Waals surface area contributed by atoms with E-state index >= 15 is 0 Å². The van der Waals surface area contributed by atoms with Gasteiger partial charge in [-0.1, -0.05) is 25.4 Å². The Balaban J connectivity index is 2.07. The molecule has 0 saturated carbocycles. The molecule has 1 saturated heterocycles. The number of rotatable bonds is 1. The van der Waals surface area contributed by atoms with Crippen LogP contribution >= 0.6 is 11.6 Å². The minimum absolute atomic E-state index is 0.0665. The van der Waals surface area contributed by atoms with Crippen molar-refractivity contribution in [1.82, 2.24) is 9.88 Å².